The maximum absolute atomic E-state index is 12.3. The molecule has 1 aliphatic carbocycles. The van der Waals surface area contributed by atoms with Crippen molar-refractivity contribution >= 4 is 11.7 Å². The van der Waals surface area contributed by atoms with Gasteiger partial charge in [-0.05, 0) is 48.2 Å². The Labute approximate surface area is 158 Å². The zero-order valence-corrected chi connectivity index (χ0v) is 14.9. The summed E-state index contributed by atoms with van der Waals surface area (Å²) in [6.07, 6.45) is 5.51. The Morgan fingerprint density at radius 1 is 1.04 bits per heavy atom. The van der Waals surface area contributed by atoms with Crippen LogP contribution in [0.5, 0.6) is 11.5 Å². The maximum atomic E-state index is 12.3. The molecule has 0 fully saturated rings. The Morgan fingerprint density at radius 3 is 2.78 bits per heavy atom. The van der Waals surface area contributed by atoms with Crippen LogP contribution in [0.3, 0.4) is 0 Å². The van der Waals surface area contributed by atoms with E-state index in [0.717, 1.165) is 12.8 Å². The molecule has 1 heterocycles. The van der Waals surface area contributed by atoms with E-state index < -0.39 is 0 Å². The van der Waals surface area contributed by atoms with Crippen LogP contribution in [0.25, 0.3) is 0 Å². The Hall–Kier alpha value is -3.34. The van der Waals surface area contributed by atoms with Gasteiger partial charge in [0.05, 0.1) is 0 Å². The van der Waals surface area contributed by atoms with Crippen LogP contribution in [0.1, 0.15) is 23.5 Å². The van der Waals surface area contributed by atoms with Crippen molar-refractivity contribution in [1.29, 1.82) is 0 Å². The Morgan fingerprint density at radius 2 is 1.89 bits per heavy atom. The average Bonchev–Trinajstić information content (AvgIpc) is 3.11. The first-order valence-electron chi connectivity index (χ1n) is 9.08. The van der Waals surface area contributed by atoms with Gasteiger partial charge in [0.15, 0.2) is 0 Å². The smallest absolute Gasteiger partial charge is 0.319 e. The number of hydrogen-bond acceptors (Lipinski definition) is 3. The van der Waals surface area contributed by atoms with Crippen molar-refractivity contribution in [1.82, 2.24) is 10.3 Å². The highest BCUT2D eigenvalue weighted by atomic mass is 16.5. The number of nitrogens with zero attached hydrogens (tertiary/aromatic N) is 1. The molecule has 0 bridgehead atoms. The normalized spacial score (nSPS) is 15.0. The number of anilines is 1. The highest BCUT2D eigenvalue weighted by molar-refractivity contribution is 5.89. The molecule has 5 heteroatoms. The van der Waals surface area contributed by atoms with Gasteiger partial charge in [0, 0.05) is 36.6 Å². The van der Waals surface area contributed by atoms with E-state index in [2.05, 4.69) is 39.9 Å². The zero-order chi connectivity index (χ0) is 18.5. The first kappa shape index (κ1) is 17.1. The molecule has 136 valence electrons. The summed E-state index contributed by atoms with van der Waals surface area (Å²) in [6, 6.07) is 19.1. The van der Waals surface area contributed by atoms with Gasteiger partial charge in [-0.1, -0.05) is 30.3 Å². The van der Waals surface area contributed by atoms with E-state index in [-0.39, 0.29) is 6.03 Å². The number of carbonyl (C=O) groups excluding carboxylic acids is 1. The molecule has 2 amide bonds. The van der Waals surface area contributed by atoms with Crippen molar-refractivity contribution < 1.29 is 9.53 Å². The molecular weight excluding hydrogens is 338 g/mol. The lowest BCUT2D eigenvalue weighted by Gasteiger charge is -2.14. The van der Waals surface area contributed by atoms with Gasteiger partial charge in [-0.3, -0.25) is 4.98 Å². The standard InChI is InChI=1S/C22H21N3O2/c26-22(24-15-17-9-8-16-4-1-2-7-21(16)17)25-18-5-3-6-20(14-18)27-19-10-12-23-13-11-19/h1-7,10-14,17H,8-9,15H2,(H2,24,25,26). The Balaban J connectivity index is 1.33. The number of aromatic nitrogens is 1. The van der Waals surface area contributed by atoms with Crippen LogP contribution in [0.2, 0.25) is 0 Å². The lowest BCUT2D eigenvalue weighted by molar-refractivity contribution is 0.251. The number of pyridine rings is 1. The van der Waals surface area contributed by atoms with Crippen molar-refractivity contribution in [3.8, 4) is 11.5 Å². The molecule has 3 aromatic rings. The molecule has 0 radical (unpaired) electrons. The SMILES string of the molecule is O=C(NCC1CCc2ccccc21)Nc1cccc(Oc2ccncc2)c1. The average molecular weight is 359 g/mol. The predicted octanol–water partition coefficient (Wildman–Crippen LogP) is 4.73. The number of amides is 2. The minimum Gasteiger partial charge on any atom is -0.457 e. The number of rotatable bonds is 5. The van der Waals surface area contributed by atoms with Gasteiger partial charge in [-0.2, -0.15) is 0 Å². The molecule has 1 aliphatic rings. The summed E-state index contributed by atoms with van der Waals surface area (Å²) in [5.41, 5.74) is 3.43. The van der Waals surface area contributed by atoms with Crippen LogP contribution in [0.15, 0.2) is 73.1 Å². The van der Waals surface area contributed by atoms with Crippen LogP contribution < -0.4 is 15.4 Å². The van der Waals surface area contributed by atoms with Crippen molar-refractivity contribution in [2.24, 2.45) is 0 Å². The molecule has 4 rings (SSSR count). The molecule has 0 saturated carbocycles. The van der Waals surface area contributed by atoms with Gasteiger partial charge >= 0.3 is 6.03 Å². The summed E-state index contributed by atoms with van der Waals surface area (Å²) in [5, 5.41) is 5.86. The fourth-order valence-corrected chi connectivity index (χ4v) is 3.43. The Kier molecular flexibility index (Phi) is 5.01. The quantitative estimate of drug-likeness (QED) is 0.692. The molecule has 1 aromatic heterocycles. The predicted molar refractivity (Wildman–Crippen MR) is 105 cm³/mol. The molecule has 2 N–H and O–H groups in total. The summed E-state index contributed by atoms with van der Waals surface area (Å²) in [7, 11) is 0. The second-order valence-electron chi connectivity index (χ2n) is 6.58. The van der Waals surface area contributed by atoms with Crippen LogP contribution in [-0.4, -0.2) is 17.6 Å². The number of fused-ring (bicyclic) bond motifs is 1. The number of nitrogens with one attached hydrogen (secondary N) is 2. The van der Waals surface area contributed by atoms with Crippen molar-refractivity contribution in [2.75, 3.05) is 11.9 Å². The number of hydrogen-bond donors (Lipinski definition) is 2. The lowest BCUT2D eigenvalue weighted by atomic mass is 10.0. The first-order chi connectivity index (χ1) is 13.3. The number of aryl methyl sites for hydroxylation is 1. The van der Waals surface area contributed by atoms with Crippen molar-refractivity contribution in [2.45, 2.75) is 18.8 Å². The fourth-order valence-electron chi connectivity index (χ4n) is 3.43. The molecule has 0 spiro atoms. The minimum absolute atomic E-state index is 0.208. The number of ether oxygens (including phenoxy) is 1. The molecule has 27 heavy (non-hydrogen) atoms. The minimum atomic E-state index is -0.208. The lowest BCUT2D eigenvalue weighted by Crippen LogP contribution is -2.31. The van der Waals surface area contributed by atoms with Gasteiger partial charge < -0.3 is 15.4 Å². The molecular formula is C22H21N3O2. The van der Waals surface area contributed by atoms with Gasteiger partial charge in [0.1, 0.15) is 11.5 Å². The monoisotopic (exact) mass is 359 g/mol. The third-order valence-electron chi connectivity index (χ3n) is 4.74. The molecule has 0 saturated heterocycles. The number of urea groups is 1. The second kappa shape index (κ2) is 7.91. The number of benzene rings is 2. The third-order valence-corrected chi connectivity index (χ3v) is 4.74. The van der Waals surface area contributed by atoms with Gasteiger partial charge in [0.25, 0.3) is 0 Å². The van der Waals surface area contributed by atoms with Crippen LogP contribution >= 0.6 is 0 Å². The molecule has 1 atom stereocenters. The van der Waals surface area contributed by atoms with E-state index in [4.69, 9.17) is 4.74 Å². The second-order valence-corrected chi connectivity index (χ2v) is 6.58. The van der Waals surface area contributed by atoms with Gasteiger partial charge in [-0.25, -0.2) is 4.79 Å². The van der Waals surface area contributed by atoms with E-state index in [1.165, 1.54) is 11.1 Å². The molecule has 0 aliphatic heterocycles. The molecule has 2 aromatic carbocycles. The van der Waals surface area contributed by atoms with E-state index in [1.807, 2.05) is 18.2 Å². The van der Waals surface area contributed by atoms with Gasteiger partial charge in [0.2, 0.25) is 0 Å². The van der Waals surface area contributed by atoms with Crippen LogP contribution in [0, 0.1) is 0 Å². The van der Waals surface area contributed by atoms with E-state index in [9.17, 15) is 4.79 Å². The van der Waals surface area contributed by atoms with E-state index >= 15 is 0 Å². The largest absolute Gasteiger partial charge is 0.457 e. The first-order valence-corrected chi connectivity index (χ1v) is 9.08. The highest BCUT2D eigenvalue weighted by Crippen LogP contribution is 2.32. The summed E-state index contributed by atoms with van der Waals surface area (Å²) >= 11 is 0. The third kappa shape index (κ3) is 4.26. The van der Waals surface area contributed by atoms with Gasteiger partial charge in [-0.15, -0.1) is 0 Å². The van der Waals surface area contributed by atoms with Crippen LogP contribution in [0.4, 0.5) is 10.5 Å². The molecule has 5 nitrogen and oxygen atoms in total. The number of carbonyl (C=O) groups is 1. The highest BCUT2D eigenvalue weighted by Gasteiger charge is 2.22. The van der Waals surface area contributed by atoms with E-state index in [0.29, 0.717) is 29.6 Å². The summed E-state index contributed by atoms with van der Waals surface area (Å²) in [4.78, 5) is 16.2. The fraction of sp³-hybridized carbons (Fsp3) is 0.182. The Bertz CT molecular complexity index is 928. The van der Waals surface area contributed by atoms with Crippen molar-refractivity contribution in [3.05, 3.63) is 84.2 Å². The summed E-state index contributed by atoms with van der Waals surface area (Å²) in [6.45, 7) is 0.635. The topological polar surface area (TPSA) is 63.2 Å². The van der Waals surface area contributed by atoms with Crippen molar-refractivity contribution in [3.63, 3.8) is 0 Å². The summed E-state index contributed by atoms with van der Waals surface area (Å²) < 4.78 is 5.77. The molecule has 1 unspecified atom stereocenters. The van der Waals surface area contributed by atoms with Crippen LogP contribution in [-0.2, 0) is 6.42 Å². The summed E-state index contributed by atoms with van der Waals surface area (Å²) in [5.74, 6) is 1.74. The maximum Gasteiger partial charge on any atom is 0.319 e. The van der Waals surface area contributed by atoms with E-state index in [1.54, 1.807) is 30.6 Å². The zero-order valence-electron chi connectivity index (χ0n) is 14.9.